The Kier molecular flexibility index (Phi) is 5.82. The highest BCUT2D eigenvalue weighted by molar-refractivity contribution is 5.92. The van der Waals surface area contributed by atoms with Crippen molar-refractivity contribution in [3.63, 3.8) is 0 Å². The number of carbonyl (C=O) groups is 2. The van der Waals surface area contributed by atoms with Crippen LogP contribution in [0, 0.1) is 0 Å². The Morgan fingerprint density at radius 3 is 2.33 bits per heavy atom. The Balaban J connectivity index is 1.86. The smallest absolute Gasteiger partial charge is 0.342 e. The molecule has 2 amide bonds. The molecule has 132 valence electrons. The maximum absolute atomic E-state index is 12.5. The summed E-state index contributed by atoms with van der Waals surface area (Å²) in [5.41, 5.74) is -0.425. The Hall–Kier alpha value is -2.09. The fraction of sp³-hybridized carbons (Fsp3) is 0.500. The summed E-state index contributed by atoms with van der Waals surface area (Å²) in [6, 6.07) is 4.35. The lowest BCUT2D eigenvalue weighted by Crippen LogP contribution is -2.37. The van der Waals surface area contributed by atoms with Crippen LogP contribution in [0.25, 0.3) is 0 Å². The van der Waals surface area contributed by atoms with Gasteiger partial charge in [0, 0.05) is 38.8 Å². The Labute approximate surface area is 138 Å². The van der Waals surface area contributed by atoms with Crippen molar-refractivity contribution in [3.8, 4) is 0 Å². The lowest BCUT2D eigenvalue weighted by Gasteiger charge is -2.20. The number of benzene rings is 1. The topological polar surface area (TPSA) is 52.7 Å². The number of anilines is 1. The van der Waals surface area contributed by atoms with E-state index >= 15 is 0 Å². The zero-order chi connectivity index (χ0) is 17.7. The minimum absolute atomic E-state index is 0.0195. The summed E-state index contributed by atoms with van der Waals surface area (Å²) in [6.07, 6.45) is -3.61. The number of nitrogens with zero attached hydrogens (tertiary/aromatic N) is 2. The molecular weight excluding hydrogens is 323 g/mol. The van der Waals surface area contributed by atoms with E-state index < -0.39 is 11.7 Å². The number of hydrogen-bond acceptors (Lipinski definition) is 3. The van der Waals surface area contributed by atoms with Gasteiger partial charge < -0.3 is 10.2 Å². The van der Waals surface area contributed by atoms with Gasteiger partial charge in [0.15, 0.2) is 0 Å². The van der Waals surface area contributed by atoms with Crippen molar-refractivity contribution in [2.45, 2.75) is 19.5 Å². The van der Waals surface area contributed by atoms with Crippen LogP contribution in [0.2, 0.25) is 0 Å². The molecule has 0 radical (unpaired) electrons. The first-order valence-corrected chi connectivity index (χ1v) is 7.70. The van der Waals surface area contributed by atoms with Crippen molar-refractivity contribution in [2.24, 2.45) is 0 Å². The summed E-state index contributed by atoms with van der Waals surface area (Å²) in [4.78, 5) is 27.1. The second kappa shape index (κ2) is 7.65. The summed E-state index contributed by atoms with van der Waals surface area (Å²) in [6.45, 7) is 4.21. The van der Waals surface area contributed by atoms with Crippen LogP contribution in [0.4, 0.5) is 18.9 Å². The van der Waals surface area contributed by atoms with E-state index in [2.05, 4.69) is 5.32 Å². The fourth-order valence-corrected chi connectivity index (χ4v) is 2.59. The Bertz CT molecular complexity index is 587. The predicted molar refractivity (Wildman–Crippen MR) is 83.4 cm³/mol. The zero-order valence-corrected chi connectivity index (χ0v) is 13.4. The quantitative estimate of drug-likeness (QED) is 0.915. The molecule has 0 unspecified atom stereocenters. The third-order valence-corrected chi connectivity index (χ3v) is 3.90. The molecule has 1 aliphatic heterocycles. The lowest BCUT2D eigenvalue weighted by atomic mass is 10.2. The van der Waals surface area contributed by atoms with Crippen LogP contribution in [0.15, 0.2) is 24.3 Å². The van der Waals surface area contributed by atoms with Crippen molar-refractivity contribution >= 4 is 17.5 Å². The van der Waals surface area contributed by atoms with Crippen LogP contribution < -0.4 is 5.32 Å². The van der Waals surface area contributed by atoms with Crippen LogP contribution in [0.1, 0.15) is 18.9 Å². The van der Waals surface area contributed by atoms with Gasteiger partial charge in [0.05, 0.1) is 12.1 Å². The van der Waals surface area contributed by atoms with E-state index in [-0.39, 0.29) is 18.4 Å². The van der Waals surface area contributed by atoms with Gasteiger partial charge in [-0.15, -0.1) is 0 Å². The van der Waals surface area contributed by atoms with Gasteiger partial charge in [0.25, 0.3) is 0 Å². The highest BCUT2D eigenvalue weighted by Gasteiger charge is 2.30. The molecule has 0 aliphatic carbocycles. The zero-order valence-electron chi connectivity index (χ0n) is 13.4. The number of hydrogen-bond donors (Lipinski definition) is 1. The van der Waals surface area contributed by atoms with Crippen LogP contribution >= 0.6 is 0 Å². The molecule has 5 nitrogen and oxygen atoms in total. The third-order valence-electron chi connectivity index (χ3n) is 3.90. The number of carbonyl (C=O) groups excluding carboxylic acids is 2. The highest BCUT2D eigenvalue weighted by atomic mass is 19.4. The van der Waals surface area contributed by atoms with Crippen LogP contribution in [-0.2, 0) is 15.8 Å². The monoisotopic (exact) mass is 343 g/mol. The molecule has 1 saturated heterocycles. The van der Waals surface area contributed by atoms with Crippen molar-refractivity contribution in [1.29, 1.82) is 0 Å². The predicted octanol–water partition coefficient (Wildman–Crippen LogP) is 2.20. The molecular formula is C16H20F3N3O2. The molecule has 0 aromatic heterocycles. The van der Waals surface area contributed by atoms with E-state index in [1.165, 1.54) is 19.1 Å². The number of halogens is 3. The maximum atomic E-state index is 12.5. The molecule has 1 aromatic carbocycles. The second-order valence-corrected chi connectivity index (χ2v) is 5.76. The van der Waals surface area contributed by atoms with E-state index in [0.29, 0.717) is 31.9 Å². The number of rotatable bonds is 3. The maximum Gasteiger partial charge on any atom is 0.416 e. The van der Waals surface area contributed by atoms with Gasteiger partial charge in [-0.2, -0.15) is 13.2 Å². The molecule has 1 N–H and O–H groups in total. The van der Waals surface area contributed by atoms with E-state index in [4.69, 9.17) is 0 Å². The van der Waals surface area contributed by atoms with E-state index in [9.17, 15) is 22.8 Å². The Morgan fingerprint density at radius 1 is 1.08 bits per heavy atom. The Morgan fingerprint density at radius 2 is 1.75 bits per heavy atom. The normalized spacial score (nSPS) is 16.6. The van der Waals surface area contributed by atoms with Crippen LogP contribution in [0.5, 0.6) is 0 Å². The molecule has 0 spiro atoms. The van der Waals surface area contributed by atoms with Crippen molar-refractivity contribution < 1.29 is 22.8 Å². The molecule has 0 atom stereocenters. The fourth-order valence-electron chi connectivity index (χ4n) is 2.59. The largest absolute Gasteiger partial charge is 0.416 e. The average Bonchev–Trinajstić information content (AvgIpc) is 2.72. The van der Waals surface area contributed by atoms with Crippen molar-refractivity contribution in [2.75, 3.05) is 38.0 Å². The number of alkyl halides is 3. The van der Waals surface area contributed by atoms with Gasteiger partial charge >= 0.3 is 6.18 Å². The van der Waals surface area contributed by atoms with Gasteiger partial charge in [-0.3, -0.25) is 14.5 Å². The minimum atomic E-state index is -4.39. The van der Waals surface area contributed by atoms with E-state index in [0.717, 1.165) is 18.6 Å². The molecule has 24 heavy (non-hydrogen) atoms. The standard InChI is InChI=1S/C16H20F3N3O2/c1-12(23)22-8-2-7-21(9-10-22)11-15(24)20-14-5-3-13(4-6-14)16(17,18)19/h3-6H,2,7-11H2,1H3,(H,20,24). The molecule has 1 aliphatic rings. The van der Waals surface area contributed by atoms with Crippen LogP contribution in [-0.4, -0.2) is 54.3 Å². The van der Waals surface area contributed by atoms with Gasteiger partial charge in [-0.1, -0.05) is 0 Å². The molecule has 8 heteroatoms. The van der Waals surface area contributed by atoms with E-state index in [1.54, 1.807) is 4.90 Å². The summed E-state index contributed by atoms with van der Waals surface area (Å²) in [5.74, 6) is -0.267. The molecule has 0 saturated carbocycles. The minimum Gasteiger partial charge on any atom is -0.342 e. The molecule has 1 aromatic rings. The highest BCUT2D eigenvalue weighted by Crippen LogP contribution is 2.29. The number of amides is 2. The molecule has 2 rings (SSSR count). The van der Waals surface area contributed by atoms with Gasteiger partial charge in [-0.25, -0.2) is 0 Å². The average molecular weight is 343 g/mol. The first-order chi connectivity index (χ1) is 11.3. The molecule has 1 heterocycles. The van der Waals surface area contributed by atoms with Gasteiger partial charge in [0.2, 0.25) is 11.8 Å². The summed E-state index contributed by atoms with van der Waals surface area (Å²) < 4.78 is 37.5. The molecule has 0 bridgehead atoms. The van der Waals surface area contributed by atoms with Gasteiger partial charge in [0.1, 0.15) is 0 Å². The SMILES string of the molecule is CC(=O)N1CCCN(CC(=O)Nc2ccc(C(F)(F)F)cc2)CC1. The number of nitrogens with one attached hydrogen (secondary N) is 1. The summed E-state index contributed by atoms with van der Waals surface area (Å²) in [5, 5.41) is 2.59. The van der Waals surface area contributed by atoms with Crippen LogP contribution in [0.3, 0.4) is 0 Å². The first-order valence-electron chi connectivity index (χ1n) is 7.70. The summed E-state index contributed by atoms with van der Waals surface area (Å²) >= 11 is 0. The summed E-state index contributed by atoms with van der Waals surface area (Å²) in [7, 11) is 0. The third kappa shape index (κ3) is 5.23. The van der Waals surface area contributed by atoms with E-state index in [1.807, 2.05) is 4.90 Å². The first kappa shape index (κ1) is 18.3. The lowest BCUT2D eigenvalue weighted by molar-refractivity contribution is -0.137. The van der Waals surface area contributed by atoms with Crippen molar-refractivity contribution in [3.05, 3.63) is 29.8 Å². The molecule has 1 fully saturated rings. The second-order valence-electron chi connectivity index (χ2n) is 5.76. The van der Waals surface area contributed by atoms with Crippen molar-refractivity contribution in [1.82, 2.24) is 9.80 Å². The van der Waals surface area contributed by atoms with Gasteiger partial charge in [-0.05, 0) is 30.7 Å².